The number of hydrogen-bond acceptors (Lipinski definition) is 3. The van der Waals surface area contributed by atoms with E-state index in [2.05, 4.69) is 163 Å². The number of allylic oxidation sites excluding steroid dienone is 1. The Labute approximate surface area is 312 Å². The van der Waals surface area contributed by atoms with Crippen LogP contribution in [0.1, 0.15) is 87.5 Å². The molecule has 53 heavy (non-hydrogen) atoms. The highest BCUT2D eigenvalue weighted by Crippen LogP contribution is 2.45. The van der Waals surface area contributed by atoms with Gasteiger partial charge in [0.2, 0.25) is 0 Å². The summed E-state index contributed by atoms with van der Waals surface area (Å²) in [6, 6.07) is 41.2. The first-order chi connectivity index (χ1) is 25.3. The first-order valence-corrected chi connectivity index (χ1v) is 18.3. The highest BCUT2D eigenvalue weighted by molar-refractivity contribution is 6.47. The summed E-state index contributed by atoms with van der Waals surface area (Å²) in [7, 11) is -0.894. The van der Waals surface area contributed by atoms with Crippen LogP contribution in [0.5, 0.6) is 11.5 Å². The quantitative estimate of drug-likeness (QED) is 0.168. The van der Waals surface area contributed by atoms with Gasteiger partial charge in [-0.05, 0) is 70.7 Å². The Balaban J connectivity index is 1.41. The zero-order valence-electron chi connectivity index (χ0n) is 31.7. The van der Waals surface area contributed by atoms with Crippen LogP contribution in [-0.4, -0.2) is 17.4 Å². The molecule has 0 spiro atoms. The molecule has 8 rings (SSSR count). The average molecular weight is 699 g/mol. The number of fused-ring (bicyclic) bond motifs is 2. The first-order valence-electron chi connectivity index (χ1n) is 18.3. The summed E-state index contributed by atoms with van der Waals surface area (Å²) in [6.07, 6.45) is 0. The van der Waals surface area contributed by atoms with Crippen molar-refractivity contribution in [2.24, 2.45) is 4.99 Å². The summed E-state index contributed by atoms with van der Waals surface area (Å²) < 4.78 is 29.7. The van der Waals surface area contributed by atoms with Crippen molar-refractivity contribution in [1.29, 1.82) is 0 Å². The van der Waals surface area contributed by atoms with Gasteiger partial charge in [0.25, 0.3) is 0 Å². The number of aryl methyl sites for hydroxylation is 1. The van der Waals surface area contributed by atoms with Gasteiger partial charge in [-0.25, -0.2) is 9.38 Å². The van der Waals surface area contributed by atoms with E-state index in [0.29, 0.717) is 11.5 Å². The van der Waals surface area contributed by atoms with E-state index in [4.69, 9.17) is 14.3 Å². The third kappa shape index (κ3) is 6.31. The zero-order chi connectivity index (χ0) is 37.2. The molecule has 0 atom stereocenters. The van der Waals surface area contributed by atoms with Gasteiger partial charge in [-0.15, -0.1) is 0 Å². The Morgan fingerprint density at radius 1 is 0.623 bits per heavy atom. The van der Waals surface area contributed by atoms with Crippen LogP contribution < -0.4 is 9.31 Å². The van der Waals surface area contributed by atoms with E-state index in [1.54, 1.807) is 6.07 Å². The van der Waals surface area contributed by atoms with E-state index in [1.807, 2.05) is 0 Å². The number of halogens is 1. The minimum Gasteiger partial charge on any atom is -0.503 e. The van der Waals surface area contributed by atoms with Crippen molar-refractivity contribution < 1.29 is 13.7 Å². The van der Waals surface area contributed by atoms with Gasteiger partial charge in [0.05, 0.1) is 11.4 Å². The molecule has 2 aliphatic rings. The predicted molar refractivity (Wildman–Crippen MR) is 217 cm³/mol. The van der Waals surface area contributed by atoms with Gasteiger partial charge in [0.1, 0.15) is 17.3 Å². The molecule has 3 heterocycles. The van der Waals surface area contributed by atoms with Crippen LogP contribution in [0, 0.1) is 12.7 Å². The number of hydrogen-bond donors (Lipinski definition) is 0. The van der Waals surface area contributed by atoms with Crippen molar-refractivity contribution in [3.05, 3.63) is 166 Å². The average Bonchev–Trinajstić information content (AvgIpc) is 3.85. The first kappa shape index (κ1) is 34.5. The molecule has 6 aromatic rings. The van der Waals surface area contributed by atoms with E-state index in [9.17, 15) is 4.39 Å². The number of aliphatic imine (C=N–C) groups is 1. The van der Waals surface area contributed by atoms with Gasteiger partial charge < -0.3 is 13.8 Å². The van der Waals surface area contributed by atoms with E-state index in [1.165, 1.54) is 28.8 Å². The van der Waals surface area contributed by atoms with E-state index in [0.717, 1.165) is 61.8 Å². The Morgan fingerprint density at radius 2 is 1.19 bits per heavy atom. The van der Waals surface area contributed by atoms with Crippen LogP contribution in [0.4, 0.5) is 4.39 Å². The van der Waals surface area contributed by atoms with Crippen molar-refractivity contribution in [3.8, 4) is 33.9 Å². The van der Waals surface area contributed by atoms with Gasteiger partial charge in [-0.2, -0.15) is 0 Å². The lowest BCUT2D eigenvalue weighted by Gasteiger charge is -2.20. The van der Waals surface area contributed by atoms with Crippen molar-refractivity contribution >= 4 is 24.2 Å². The number of rotatable bonds is 5. The van der Waals surface area contributed by atoms with Crippen LogP contribution in [0.15, 0.2) is 126 Å². The molecule has 0 amide bonds. The van der Waals surface area contributed by atoms with Crippen LogP contribution in [0.2, 0.25) is 0 Å². The largest absolute Gasteiger partial charge is 0.743 e. The molecule has 0 aliphatic carbocycles. The van der Waals surface area contributed by atoms with Crippen LogP contribution in [0.25, 0.3) is 33.7 Å². The molecule has 264 valence electrons. The highest BCUT2D eigenvalue weighted by Gasteiger charge is 2.41. The van der Waals surface area contributed by atoms with E-state index < -0.39 is 7.25 Å². The maximum absolute atomic E-state index is 14.5. The minimum absolute atomic E-state index is 0.000924. The number of nitrogens with zero attached hydrogens (tertiary/aromatic N) is 2. The summed E-state index contributed by atoms with van der Waals surface area (Å²) in [5, 5.41) is 0. The van der Waals surface area contributed by atoms with Gasteiger partial charge in [0.15, 0.2) is 0 Å². The van der Waals surface area contributed by atoms with E-state index >= 15 is 0 Å². The zero-order valence-corrected chi connectivity index (χ0v) is 31.7. The second-order valence-corrected chi connectivity index (χ2v) is 16.3. The lowest BCUT2D eigenvalue weighted by Crippen LogP contribution is -2.36. The molecular weight excluding hydrogens is 654 g/mol. The molecule has 0 saturated heterocycles. The Morgan fingerprint density at radius 3 is 1.81 bits per heavy atom. The molecule has 1 aromatic heterocycles. The summed E-state index contributed by atoms with van der Waals surface area (Å²) >= 11 is 0. The highest BCUT2D eigenvalue weighted by atomic mass is 19.1. The van der Waals surface area contributed by atoms with Gasteiger partial charge in [-0.3, -0.25) is 0 Å². The topological polar surface area (TPSA) is 35.8 Å². The smallest absolute Gasteiger partial charge is 0.503 e. The van der Waals surface area contributed by atoms with Gasteiger partial charge in [-0.1, -0.05) is 144 Å². The van der Waals surface area contributed by atoms with Crippen molar-refractivity contribution in [1.82, 2.24) is 4.48 Å². The standard InChI is InChI=1S/C47H44BFN2O2/c1-29-13-15-33(16-14-29)44-38-12-10-9-11-37(38)43(50-44)30(2)45-39(31-17-21-34(22-18-31)46(3,4)5)28-40(32-19-23-35(24-20-32)47(6,7)8)51(45)48-52-41-26-25-36(49)27-42(41)53-48/h9-28H,1-8H3/b43-30-. The molecule has 4 nitrogen and oxygen atoms in total. The lowest BCUT2D eigenvalue weighted by molar-refractivity contribution is 0.480. The fourth-order valence-electron chi connectivity index (χ4n) is 7.34. The summed E-state index contributed by atoms with van der Waals surface area (Å²) in [4.78, 5) is 5.40. The normalized spacial score (nSPS) is 14.7. The summed E-state index contributed by atoms with van der Waals surface area (Å²) in [5.74, 6) is 0.491. The van der Waals surface area contributed by atoms with Crippen molar-refractivity contribution in [2.75, 3.05) is 0 Å². The molecule has 0 radical (unpaired) electrons. The van der Waals surface area contributed by atoms with Gasteiger partial charge in [0, 0.05) is 39.7 Å². The SMILES string of the molecule is C/C(=C1/N=C(c2ccc(C)cc2)c2ccccc21)c1c(-c2ccc(C(C)(C)C)cc2)cc(-c2ccc(C(C)(C)C)cc2)n1B1Oc2ccc(F)cc2O1. The number of aromatic nitrogens is 1. The maximum Gasteiger partial charge on any atom is 0.743 e. The monoisotopic (exact) mass is 698 g/mol. The second-order valence-electron chi connectivity index (χ2n) is 16.3. The lowest BCUT2D eigenvalue weighted by atomic mass is 9.86. The molecule has 0 bridgehead atoms. The Hall–Kier alpha value is -5.62. The summed E-state index contributed by atoms with van der Waals surface area (Å²) in [5.41, 5.74) is 14.7. The van der Waals surface area contributed by atoms with E-state index in [-0.39, 0.29) is 16.6 Å². The maximum atomic E-state index is 14.5. The predicted octanol–water partition coefficient (Wildman–Crippen LogP) is 11.9. The van der Waals surface area contributed by atoms with Crippen LogP contribution in [-0.2, 0) is 10.8 Å². The fraction of sp³-hybridized carbons (Fsp3) is 0.213. The summed E-state index contributed by atoms with van der Waals surface area (Å²) in [6.45, 7) is 17.6. The Kier molecular flexibility index (Phi) is 8.33. The van der Waals surface area contributed by atoms with Crippen LogP contribution in [0.3, 0.4) is 0 Å². The van der Waals surface area contributed by atoms with Crippen LogP contribution >= 0.6 is 0 Å². The molecule has 2 aliphatic heterocycles. The second kappa shape index (κ2) is 12.8. The Bertz CT molecular complexity index is 2420. The molecule has 0 fully saturated rings. The molecule has 0 N–H and O–H groups in total. The molecule has 5 aromatic carbocycles. The van der Waals surface area contributed by atoms with Crippen molar-refractivity contribution in [2.45, 2.75) is 66.2 Å². The molecule has 0 unspecified atom stereocenters. The van der Waals surface area contributed by atoms with Crippen molar-refractivity contribution in [3.63, 3.8) is 0 Å². The fourth-order valence-corrected chi connectivity index (χ4v) is 7.34. The minimum atomic E-state index is -0.894. The number of benzene rings is 5. The molecule has 0 saturated carbocycles. The molecular formula is C47H44BFN2O2. The molecule has 6 heteroatoms. The third-order valence-electron chi connectivity index (χ3n) is 10.4. The van der Waals surface area contributed by atoms with Gasteiger partial charge >= 0.3 is 7.25 Å². The third-order valence-corrected chi connectivity index (χ3v) is 10.4.